The summed E-state index contributed by atoms with van der Waals surface area (Å²) in [5, 5.41) is -0.463. The van der Waals surface area contributed by atoms with Crippen molar-refractivity contribution in [1.29, 1.82) is 0 Å². The molecule has 0 saturated carbocycles. The van der Waals surface area contributed by atoms with Crippen LogP contribution in [0.5, 0.6) is 0 Å². The molecule has 0 N–H and O–H groups in total. The Balaban J connectivity index is 2.28. The third kappa shape index (κ3) is 2.53. The van der Waals surface area contributed by atoms with Gasteiger partial charge >= 0.3 is 0 Å². The van der Waals surface area contributed by atoms with Crippen LogP contribution in [0.2, 0.25) is 5.02 Å². The summed E-state index contributed by atoms with van der Waals surface area (Å²) in [6.07, 6.45) is 0.658. The number of halogens is 4. The molecule has 17 heavy (non-hydrogen) atoms. The second kappa shape index (κ2) is 4.78. The molecule has 1 heterocycles. The molecule has 6 heteroatoms. The fraction of sp³-hybridized carbons (Fsp3) is 0.364. The van der Waals surface area contributed by atoms with Crippen LogP contribution in [0.25, 0.3) is 0 Å². The van der Waals surface area contributed by atoms with Crippen molar-refractivity contribution in [1.82, 2.24) is 4.90 Å². The Morgan fingerprint density at radius 2 is 2.06 bits per heavy atom. The Morgan fingerprint density at radius 3 is 2.65 bits per heavy atom. The molecule has 1 aromatic rings. The minimum Gasteiger partial charge on any atom is -0.337 e. The van der Waals surface area contributed by atoms with Gasteiger partial charge in [0.1, 0.15) is 11.6 Å². The molecular weight excluding hydrogens is 271 g/mol. The van der Waals surface area contributed by atoms with Gasteiger partial charge in [0.2, 0.25) is 0 Å². The van der Waals surface area contributed by atoms with Crippen molar-refractivity contribution < 1.29 is 13.6 Å². The van der Waals surface area contributed by atoms with E-state index in [0.717, 1.165) is 12.1 Å². The third-order valence-corrected chi connectivity index (χ3v) is 3.30. The smallest absolute Gasteiger partial charge is 0.256 e. The number of alkyl halides is 1. The van der Waals surface area contributed by atoms with Crippen molar-refractivity contribution in [2.45, 2.75) is 11.8 Å². The second-order valence-electron chi connectivity index (χ2n) is 3.88. The highest BCUT2D eigenvalue weighted by Crippen LogP contribution is 2.23. The topological polar surface area (TPSA) is 20.3 Å². The molecule has 1 unspecified atom stereocenters. The van der Waals surface area contributed by atoms with E-state index >= 15 is 0 Å². The Morgan fingerprint density at radius 1 is 1.35 bits per heavy atom. The summed E-state index contributed by atoms with van der Waals surface area (Å²) >= 11 is 11.3. The van der Waals surface area contributed by atoms with Gasteiger partial charge in [-0.15, -0.1) is 11.6 Å². The zero-order valence-electron chi connectivity index (χ0n) is 8.72. The molecule has 1 amide bonds. The van der Waals surface area contributed by atoms with Crippen molar-refractivity contribution in [2.24, 2.45) is 0 Å². The number of carbonyl (C=O) groups excluding carboxylic acids is 1. The maximum Gasteiger partial charge on any atom is 0.256 e. The fourth-order valence-corrected chi connectivity index (χ4v) is 2.17. The largest absolute Gasteiger partial charge is 0.337 e. The number of nitrogens with zero attached hydrogens (tertiary/aromatic N) is 1. The van der Waals surface area contributed by atoms with Gasteiger partial charge in [-0.2, -0.15) is 0 Å². The molecule has 1 aliphatic heterocycles. The van der Waals surface area contributed by atoms with Crippen molar-refractivity contribution in [3.8, 4) is 0 Å². The van der Waals surface area contributed by atoms with E-state index in [2.05, 4.69) is 0 Å². The highest BCUT2D eigenvalue weighted by Gasteiger charge is 2.27. The summed E-state index contributed by atoms with van der Waals surface area (Å²) in [5.41, 5.74) is -0.308. The van der Waals surface area contributed by atoms with E-state index in [1.165, 1.54) is 4.90 Å². The Labute approximate surface area is 107 Å². The Kier molecular flexibility index (Phi) is 3.54. The van der Waals surface area contributed by atoms with Crippen molar-refractivity contribution >= 4 is 29.1 Å². The summed E-state index contributed by atoms with van der Waals surface area (Å²) in [7, 11) is 0. The van der Waals surface area contributed by atoms with Gasteiger partial charge in [0.05, 0.1) is 16.0 Å². The summed E-state index contributed by atoms with van der Waals surface area (Å²) in [5.74, 6) is -2.18. The fourth-order valence-electron chi connectivity index (χ4n) is 1.76. The monoisotopic (exact) mass is 279 g/mol. The van der Waals surface area contributed by atoms with Crippen LogP contribution in [0.1, 0.15) is 16.8 Å². The quantitative estimate of drug-likeness (QED) is 0.572. The van der Waals surface area contributed by atoms with Crippen LogP contribution in [0.4, 0.5) is 8.78 Å². The zero-order chi connectivity index (χ0) is 12.6. The van der Waals surface area contributed by atoms with Gasteiger partial charge in [-0.05, 0) is 18.6 Å². The minimum atomic E-state index is -0.820. The van der Waals surface area contributed by atoms with Crippen LogP contribution in [-0.2, 0) is 0 Å². The molecule has 1 atom stereocenters. The molecule has 1 aromatic carbocycles. The summed E-state index contributed by atoms with van der Waals surface area (Å²) in [4.78, 5) is 13.3. The average molecular weight is 280 g/mol. The lowest BCUT2D eigenvalue weighted by Crippen LogP contribution is -2.29. The van der Waals surface area contributed by atoms with E-state index in [1.807, 2.05) is 0 Å². The minimum absolute atomic E-state index is 0.126. The van der Waals surface area contributed by atoms with Crippen molar-refractivity contribution in [2.75, 3.05) is 13.1 Å². The van der Waals surface area contributed by atoms with Gasteiger partial charge in [0.15, 0.2) is 0 Å². The number of amides is 1. The SMILES string of the molecule is O=C(c1cc(F)c(Cl)cc1F)N1CCC(Cl)C1. The van der Waals surface area contributed by atoms with Gasteiger partial charge in [-0.25, -0.2) is 8.78 Å². The van der Waals surface area contributed by atoms with E-state index < -0.39 is 17.5 Å². The number of likely N-dealkylation sites (tertiary alicyclic amines) is 1. The summed E-state index contributed by atoms with van der Waals surface area (Å²) in [6, 6.07) is 1.62. The lowest BCUT2D eigenvalue weighted by molar-refractivity contribution is 0.0788. The third-order valence-electron chi connectivity index (χ3n) is 2.66. The first-order valence-corrected chi connectivity index (χ1v) is 5.88. The highest BCUT2D eigenvalue weighted by atomic mass is 35.5. The lowest BCUT2D eigenvalue weighted by atomic mass is 10.2. The molecule has 2 nitrogen and oxygen atoms in total. The first-order valence-electron chi connectivity index (χ1n) is 5.07. The molecule has 92 valence electrons. The van der Waals surface area contributed by atoms with E-state index in [9.17, 15) is 13.6 Å². The number of rotatable bonds is 1. The van der Waals surface area contributed by atoms with Crippen LogP contribution >= 0.6 is 23.2 Å². The van der Waals surface area contributed by atoms with Gasteiger partial charge < -0.3 is 4.90 Å². The standard InChI is InChI=1S/C11H9Cl2F2NO/c12-6-1-2-16(5-6)11(17)7-3-10(15)8(13)4-9(7)14/h3-4,6H,1-2,5H2. The highest BCUT2D eigenvalue weighted by molar-refractivity contribution is 6.30. The van der Waals surface area contributed by atoms with Gasteiger partial charge in [-0.1, -0.05) is 11.6 Å². The number of benzene rings is 1. The summed E-state index contributed by atoms with van der Waals surface area (Å²) in [6.45, 7) is 0.806. The molecule has 1 aliphatic rings. The molecule has 0 aromatic heterocycles. The lowest BCUT2D eigenvalue weighted by Gasteiger charge is -2.16. The number of hydrogen-bond donors (Lipinski definition) is 0. The van der Waals surface area contributed by atoms with Crippen LogP contribution in [0, 0.1) is 11.6 Å². The van der Waals surface area contributed by atoms with Gasteiger partial charge in [-0.3, -0.25) is 4.79 Å². The van der Waals surface area contributed by atoms with E-state index in [0.29, 0.717) is 19.5 Å². The van der Waals surface area contributed by atoms with E-state index in [4.69, 9.17) is 23.2 Å². The maximum absolute atomic E-state index is 13.5. The van der Waals surface area contributed by atoms with Crippen LogP contribution in [-0.4, -0.2) is 29.3 Å². The summed E-state index contributed by atoms with van der Waals surface area (Å²) < 4.78 is 26.7. The van der Waals surface area contributed by atoms with Crippen LogP contribution in [0.15, 0.2) is 12.1 Å². The van der Waals surface area contributed by atoms with Crippen molar-refractivity contribution in [3.05, 3.63) is 34.4 Å². The van der Waals surface area contributed by atoms with E-state index in [-0.39, 0.29) is 16.0 Å². The molecule has 2 rings (SSSR count). The molecule has 0 bridgehead atoms. The van der Waals surface area contributed by atoms with Gasteiger partial charge in [0, 0.05) is 13.1 Å². The molecule has 1 fully saturated rings. The average Bonchev–Trinajstić information content (AvgIpc) is 2.69. The predicted octanol–water partition coefficient (Wildman–Crippen LogP) is 3.07. The molecular formula is C11H9Cl2F2NO. The normalized spacial score (nSPS) is 19.8. The van der Waals surface area contributed by atoms with Crippen molar-refractivity contribution in [3.63, 3.8) is 0 Å². The van der Waals surface area contributed by atoms with Gasteiger partial charge in [0.25, 0.3) is 5.91 Å². The zero-order valence-corrected chi connectivity index (χ0v) is 10.2. The molecule has 1 saturated heterocycles. The van der Waals surface area contributed by atoms with Crippen LogP contribution in [0.3, 0.4) is 0 Å². The van der Waals surface area contributed by atoms with E-state index in [1.54, 1.807) is 0 Å². The Bertz CT molecular complexity index is 467. The molecule has 0 aliphatic carbocycles. The number of hydrogen-bond acceptors (Lipinski definition) is 1. The molecule has 0 spiro atoms. The predicted molar refractivity (Wildman–Crippen MR) is 61.5 cm³/mol. The Hall–Kier alpha value is -0.870. The first-order chi connectivity index (χ1) is 7.99. The first kappa shape index (κ1) is 12.6. The molecule has 0 radical (unpaired) electrons. The second-order valence-corrected chi connectivity index (χ2v) is 4.91. The maximum atomic E-state index is 13.5. The van der Waals surface area contributed by atoms with Crippen LogP contribution < -0.4 is 0 Å². The number of carbonyl (C=O) groups is 1.